The van der Waals surface area contributed by atoms with Gasteiger partial charge in [-0.15, -0.1) is 0 Å². The van der Waals surface area contributed by atoms with Gasteiger partial charge in [-0.2, -0.15) is 26.3 Å². The summed E-state index contributed by atoms with van der Waals surface area (Å²) < 4.78 is 94.0. The van der Waals surface area contributed by atoms with Crippen molar-refractivity contribution in [2.45, 2.75) is 25.4 Å². The van der Waals surface area contributed by atoms with Gasteiger partial charge >= 0.3 is 18.4 Å². The fraction of sp³-hybridized carbons (Fsp3) is 0.214. The van der Waals surface area contributed by atoms with Crippen LogP contribution in [0.1, 0.15) is 22.3 Å². The first-order valence-corrected chi connectivity index (χ1v) is 12.1. The van der Waals surface area contributed by atoms with Gasteiger partial charge in [0.2, 0.25) is 5.95 Å². The predicted molar refractivity (Wildman–Crippen MR) is 139 cm³/mol. The first-order valence-electron chi connectivity index (χ1n) is 12.1. The Morgan fingerprint density at radius 3 is 2.10 bits per heavy atom. The van der Waals surface area contributed by atoms with E-state index >= 15 is 0 Å². The van der Waals surface area contributed by atoms with Gasteiger partial charge in [0, 0.05) is 33.0 Å². The number of hydrogen-bond donors (Lipinski definition) is 1. The number of rotatable bonds is 7. The molecule has 1 N–H and O–H groups in total. The summed E-state index contributed by atoms with van der Waals surface area (Å²) in [6, 6.07) is 13.8. The molecule has 0 fully saturated rings. The van der Waals surface area contributed by atoms with Crippen molar-refractivity contribution < 1.29 is 35.5 Å². The van der Waals surface area contributed by atoms with E-state index in [1.54, 1.807) is 24.1 Å². The molecule has 0 aliphatic rings. The molecule has 0 atom stereocenters. The van der Waals surface area contributed by atoms with Crippen LogP contribution in [-0.4, -0.2) is 34.6 Å². The number of halogens is 7. The van der Waals surface area contributed by atoms with Crippen LogP contribution >= 0.6 is 0 Å². The number of nitrogens with one attached hydrogen (secondary N) is 1. The van der Waals surface area contributed by atoms with E-state index in [1.165, 1.54) is 31.6 Å². The summed E-state index contributed by atoms with van der Waals surface area (Å²) in [6.07, 6.45) is -7.09. The molecule has 41 heavy (non-hydrogen) atoms. The van der Waals surface area contributed by atoms with Crippen molar-refractivity contribution in [3.05, 3.63) is 107 Å². The molecule has 0 aliphatic heterocycles. The second kappa shape index (κ2) is 11.5. The van der Waals surface area contributed by atoms with Crippen LogP contribution < -0.4 is 10.2 Å². The van der Waals surface area contributed by atoms with Gasteiger partial charge in [-0.3, -0.25) is 0 Å². The van der Waals surface area contributed by atoms with Crippen molar-refractivity contribution in [3.63, 3.8) is 0 Å². The van der Waals surface area contributed by atoms with Crippen LogP contribution in [0.15, 0.2) is 79.1 Å². The molecule has 0 spiro atoms. The van der Waals surface area contributed by atoms with E-state index in [4.69, 9.17) is 0 Å². The molecule has 4 aromatic rings. The van der Waals surface area contributed by atoms with E-state index in [-0.39, 0.29) is 17.4 Å². The highest BCUT2D eigenvalue weighted by Gasteiger charge is 2.36. The zero-order chi connectivity index (χ0) is 29.9. The van der Waals surface area contributed by atoms with E-state index in [1.807, 2.05) is 28.8 Å². The number of aromatic nitrogens is 2. The van der Waals surface area contributed by atoms with E-state index in [0.29, 0.717) is 30.1 Å². The molecular weight excluding hydrogens is 555 g/mol. The van der Waals surface area contributed by atoms with Gasteiger partial charge in [-0.05, 0) is 53.6 Å². The van der Waals surface area contributed by atoms with E-state index < -0.39 is 36.1 Å². The average molecular weight is 580 g/mol. The molecule has 1 heterocycles. The number of amides is 2. The number of benzene rings is 3. The maximum Gasteiger partial charge on any atom is 0.416 e. The molecule has 0 aliphatic carbocycles. The Labute approximate surface area is 230 Å². The summed E-state index contributed by atoms with van der Waals surface area (Å²) in [7, 11) is 3.06. The van der Waals surface area contributed by atoms with Crippen LogP contribution in [0.2, 0.25) is 0 Å². The number of hydrogen-bond acceptors (Lipinski definition) is 3. The Kier molecular flexibility index (Phi) is 8.27. The van der Waals surface area contributed by atoms with Gasteiger partial charge < -0.3 is 19.7 Å². The van der Waals surface area contributed by atoms with Crippen molar-refractivity contribution in [2.75, 3.05) is 19.0 Å². The number of imidazole rings is 1. The quantitative estimate of drug-likeness (QED) is 0.240. The number of fused-ring (bicyclic) bond motifs is 1. The molecule has 216 valence electrons. The first kappa shape index (κ1) is 29.4. The predicted octanol–water partition coefficient (Wildman–Crippen LogP) is 7.01. The van der Waals surface area contributed by atoms with Crippen LogP contribution in [0, 0.1) is 5.82 Å². The summed E-state index contributed by atoms with van der Waals surface area (Å²) in [6.45, 7) is -0.186. The highest BCUT2D eigenvalue weighted by atomic mass is 19.4. The molecule has 0 bridgehead atoms. The minimum Gasteiger partial charge on any atom is -0.334 e. The van der Waals surface area contributed by atoms with Gasteiger partial charge in [0.1, 0.15) is 5.82 Å². The van der Waals surface area contributed by atoms with Crippen LogP contribution in [0.3, 0.4) is 0 Å². The zero-order valence-corrected chi connectivity index (χ0v) is 21.8. The van der Waals surface area contributed by atoms with Gasteiger partial charge in [0.25, 0.3) is 0 Å². The lowest BCUT2D eigenvalue weighted by molar-refractivity contribution is -0.143. The summed E-state index contributed by atoms with van der Waals surface area (Å²) in [5, 5.41) is 2.32. The summed E-state index contributed by atoms with van der Waals surface area (Å²) in [5.74, 6) is 0.143. The summed E-state index contributed by atoms with van der Waals surface area (Å²) in [4.78, 5) is 19.9. The van der Waals surface area contributed by atoms with Gasteiger partial charge in [0.05, 0.1) is 28.7 Å². The van der Waals surface area contributed by atoms with E-state index in [0.717, 1.165) is 16.0 Å². The highest BCUT2D eigenvalue weighted by molar-refractivity contribution is 5.79. The number of carbonyl (C=O) groups excluding carboxylic acids is 1. The minimum atomic E-state index is -4.99. The number of carbonyl (C=O) groups is 1. The largest absolute Gasteiger partial charge is 0.416 e. The van der Waals surface area contributed by atoms with Gasteiger partial charge in [-0.25, -0.2) is 14.2 Å². The molecule has 0 radical (unpaired) electrons. The molecule has 13 heteroatoms. The molecule has 3 aromatic carbocycles. The highest BCUT2D eigenvalue weighted by Crippen LogP contribution is 2.36. The number of nitrogens with zero attached hydrogens (tertiary/aromatic N) is 4. The summed E-state index contributed by atoms with van der Waals surface area (Å²) in [5.41, 5.74) is -0.935. The topological polar surface area (TPSA) is 53.4 Å². The van der Waals surface area contributed by atoms with Crippen LogP contribution in [0.25, 0.3) is 11.0 Å². The van der Waals surface area contributed by atoms with Gasteiger partial charge in [-0.1, -0.05) is 24.3 Å². The number of para-hydroxylation sites is 2. The van der Waals surface area contributed by atoms with Crippen molar-refractivity contribution in [2.24, 2.45) is 0 Å². The third-order valence-corrected chi connectivity index (χ3v) is 6.13. The fourth-order valence-electron chi connectivity index (χ4n) is 4.02. The average Bonchev–Trinajstić information content (AvgIpc) is 3.28. The smallest absolute Gasteiger partial charge is 0.334 e. The van der Waals surface area contributed by atoms with Gasteiger partial charge in [0.15, 0.2) is 0 Å². The Bertz CT molecular complexity index is 1530. The Morgan fingerprint density at radius 2 is 1.49 bits per heavy atom. The molecule has 0 unspecified atom stereocenters. The lowest BCUT2D eigenvalue weighted by Gasteiger charge is -2.19. The Balaban J connectivity index is 1.48. The van der Waals surface area contributed by atoms with Crippen molar-refractivity contribution in [3.8, 4) is 0 Å². The molecule has 4 rings (SSSR count). The third-order valence-electron chi connectivity index (χ3n) is 6.13. The third kappa shape index (κ3) is 7.16. The number of urea groups is 1. The standard InChI is InChI=1S/C28H24F7N5O/c1-38(25-37-23-5-3-4-6-24(23)40(25)17-18-7-9-22(29)10-8-18)11-12-39(2)26(41)36-16-19-13-20(27(30,31)32)15-21(14-19)28(33,34)35/h3-15H,16-17H2,1-2H3,(H,36,41)/b12-11+. The van der Waals surface area contributed by atoms with Crippen molar-refractivity contribution >= 4 is 23.0 Å². The monoisotopic (exact) mass is 579 g/mol. The molecule has 2 amide bonds. The first-order chi connectivity index (χ1) is 19.2. The molecule has 6 nitrogen and oxygen atoms in total. The second-order valence-corrected chi connectivity index (χ2v) is 9.21. The molecular formula is C28H24F7N5O. The van der Waals surface area contributed by atoms with Crippen LogP contribution in [-0.2, 0) is 25.4 Å². The molecule has 1 aromatic heterocycles. The van der Waals surface area contributed by atoms with E-state index in [9.17, 15) is 35.5 Å². The lowest BCUT2D eigenvalue weighted by Crippen LogP contribution is -2.34. The minimum absolute atomic E-state index is 0.0272. The summed E-state index contributed by atoms with van der Waals surface area (Å²) >= 11 is 0. The maximum atomic E-state index is 13.4. The Morgan fingerprint density at radius 1 is 0.878 bits per heavy atom. The Hall–Kier alpha value is -4.55. The SMILES string of the molecule is CN(/C=C/N(C)c1nc2ccccc2n1Cc1ccc(F)cc1)C(=O)NCc1cc(C(F)(F)F)cc(C(F)(F)F)c1. The molecule has 0 saturated carbocycles. The van der Waals surface area contributed by atoms with Crippen LogP contribution in [0.5, 0.6) is 0 Å². The van der Waals surface area contributed by atoms with Crippen molar-refractivity contribution in [1.29, 1.82) is 0 Å². The normalized spacial score (nSPS) is 12.2. The maximum absolute atomic E-state index is 13.4. The van der Waals surface area contributed by atoms with Crippen molar-refractivity contribution in [1.82, 2.24) is 19.8 Å². The molecule has 0 saturated heterocycles. The van der Waals surface area contributed by atoms with E-state index in [2.05, 4.69) is 10.3 Å². The van der Waals surface area contributed by atoms with Crippen LogP contribution in [0.4, 0.5) is 41.5 Å². The fourth-order valence-corrected chi connectivity index (χ4v) is 4.02. The number of alkyl halides is 6. The number of anilines is 1. The second-order valence-electron chi connectivity index (χ2n) is 9.21. The zero-order valence-electron chi connectivity index (χ0n) is 21.8. The lowest BCUT2D eigenvalue weighted by atomic mass is 10.0.